The molecule has 0 amide bonds. The van der Waals surface area contributed by atoms with Crippen molar-refractivity contribution in [2.24, 2.45) is 0 Å². The summed E-state index contributed by atoms with van der Waals surface area (Å²) in [5, 5.41) is 0.692. The molecule has 29 heavy (non-hydrogen) atoms. The van der Waals surface area contributed by atoms with Crippen molar-refractivity contribution in [1.82, 2.24) is 4.98 Å². The van der Waals surface area contributed by atoms with Crippen LogP contribution in [0, 0.1) is 11.6 Å². The highest BCUT2D eigenvalue weighted by Crippen LogP contribution is 2.27. The van der Waals surface area contributed by atoms with E-state index in [0.717, 1.165) is 12.1 Å². The van der Waals surface area contributed by atoms with Crippen LogP contribution in [0.2, 0.25) is 0 Å². The predicted octanol–water partition coefficient (Wildman–Crippen LogP) is 4.26. The van der Waals surface area contributed by atoms with Gasteiger partial charge in [-0.15, -0.1) is 0 Å². The molecule has 0 spiro atoms. The first-order valence-corrected chi connectivity index (χ1v) is 8.63. The Kier molecular flexibility index (Phi) is 4.90. The molecule has 0 saturated carbocycles. The molecule has 2 heterocycles. The summed E-state index contributed by atoms with van der Waals surface area (Å²) in [6, 6.07) is 11.1. The molecule has 0 radical (unpaired) electrons. The summed E-state index contributed by atoms with van der Waals surface area (Å²) >= 11 is 0. The normalized spacial score (nSPS) is 11.0. The number of oxazole rings is 1. The number of aryl methyl sites for hydroxylation is 1. The lowest BCUT2D eigenvalue weighted by Crippen LogP contribution is -2.09. The van der Waals surface area contributed by atoms with E-state index in [2.05, 4.69) is 4.98 Å². The fourth-order valence-corrected chi connectivity index (χ4v) is 2.77. The number of hydrogen-bond acceptors (Lipinski definition) is 6. The quantitative estimate of drug-likeness (QED) is 0.284. The molecular formula is C21H13F2NO5. The van der Waals surface area contributed by atoms with E-state index in [1.165, 1.54) is 24.4 Å². The van der Waals surface area contributed by atoms with Crippen LogP contribution in [-0.4, -0.2) is 11.0 Å². The number of rotatable bonds is 5. The van der Waals surface area contributed by atoms with Gasteiger partial charge in [0.2, 0.25) is 0 Å². The summed E-state index contributed by atoms with van der Waals surface area (Å²) in [6.45, 7) is 0. The Morgan fingerprint density at radius 1 is 1.03 bits per heavy atom. The monoisotopic (exact) mass is 397 g/mol. The zero-order valence-corrected chi connectivity index (χ0v) is 14.9. The summed E-state index contributed by atoms with van der Waals surface area (Å²) in [6.07, 6.45) is 1.21. The van der Waals surface area contributed by atoms with Crippen LogP contribution in [0.15, 0.2) is 68.4 Å². The summed E-state index contributed by atoms with van der Waals surface area (Å²) in [7, 11) is 0. The number of fused-ring (bicyclic) bond motifs is 1. The van der Waals surface area contributed by atoms with Gasteiger partial charge in [0, 0.05) is 23.9 Å². The highest BCUT2D eigenvalue weighted by molar-refractivity contribution is 5.79. The molecule has 2 aromatic heterocycles. The number of carbonyl (C=O) groups is 1. The first-order valence-electron chi connectivity index (χ1n) is 8.63. The van der Waals surface area contributed by atoms with Gasteiger partial charge in [-0.2, -0.15) is 0 Å². The molecule has 4 rings (SSSR count). The third kappa shape index (κ3) is 4.06. The number of esters is 1. The van der Waals surface area contributed by atoms with Gasteiger partial charge in [0.25, 0.3) is 0 Å². The number of carbonyl (C=O) groups excluding carboxylic acids is 1. The van der Waals surface area contributed by atoms with Crippen LogP contribution in [0.3, 0.4) is 0 Å². The Morgan fingerprint density at radius 2 is 1.79 bits per heavy atom. The van der Waals surface area contributed by atoms with Gasteiger partial charge in [-0.25, -0.2) is 18.6 Å². The minimum atomic E-state index is -0.768. The molecule has 0 fully saturated rings. The number of halogens is 2. The fourth-order valence-electron chi connectivity index (χ4n) is 2.77. The van der Waals surface area contributed by atoms with Crippen molar-refractivity contribution in [3.8, 4) is 17.1 Å². The SMILES string of the molecule is O=C(CCc1ncc(-c2c(F)cccc2F)o1)Oc1ccc2ccc(=O)oc2c1. The number of benzene rings is 2. The Labute approximate surface area is 162 Å². The van der Waals surface area contributed by atoms with Crippen LogP contribution in [0.25, 0.3) is 22.3 Å². The molecule has 2 aromatic carbocycles. The van der Waals surface area contributed by atoms with Gasteiger partial charge in [-0.3, -0.25) is 4.79 Å². The van der Waals surface area contributed by atoms with Crippen molar-refractivity contribution in [3.63, 3.8) is 0 Å². The maximum Gasteiger partial charge on any atom is 0.336 e. The Balaban J connectivity index is 1.41. The van der Waals surface area contributed by atoms with Crippen LogP contribution >= 0.6 is 0 Å². The Hall–Kier alpha value is -3.81. The molecule has 6 nitrogen and oxygen atoms in total. The number of hydrogen-bond donors (Lipinski definition) is 0. The van der Waals surface area contributed by atoms with Crippen molar-refractivity contribution < 1.29 is 27.1 Å². The van der Waals surface area contributed by atoms with Crippen molar-refractivity contribution in [1.29, 1.82) is 0 Å². The largest absolute Gasteiger partial charge is 0.441 e. The van der Waals surface area contributed by atoms with Crippen molar-refractivity contribution in [2.75, 3.05) is 0 Å². The van der Waals surface area contributed by atoms with Crippen molar-refractivity contribution in [3.05, 3.63) is 82.7 Å². The van der Waals surface area contributed by atoms with E-state index in [9.17, 15) is 18.4 Å². The van der Waals surface area contributed by atoms with Crippen LogP contribution in [-0.2, 0) is 11.2 Å². The highest BCUT2D eigenvalue weighted by Gasteiger charge is 2.16. The lowest BCUT2D eigenvalue weighted by Gasteiger charge is -2.04. The van der Waals surface area contributed by atoms with Crippen molar-refractivity contribution >= 4 is 16.9 Å². The fraction of sp³-hybridized carbons (Fsp3) is 0.0952. The molecule has 0 aliphatic heterocycles. The Bertz CT molecular complexity index is 1240. The second-order valence-corrected chi connectivity index (χ2v) is 6.14. The maximum atomic E-state index is 13.8. The molecule has 0 unspecified atom stereocenters. The van der Waals surface area contributed by atoms with Crippen LogP contribution in [0.5, 0.6) is 5.75 Å². The lowest BCUT2D eigenvalue weighted by atomic mass is 10.1. The molecule has 8 heteroatoms. The predicted molar refractivity (Wildman–Crippen MR) is 98.3 cm³/mol. The van der Waals surface area contributed by atoms with Crippen LogP contribution in [0.4, 0.5) is 8.78 Å². The molecule has 0 saturated heterocycles. The zero-order valence-electron chi connectivity index (χ0n) is 14.9. The molecule has 0 aliphatic rings. The van der Waals surface area contributed by atoms with Gasteiger partial charge in [0.1, 0.15) is 23.0 Å². The summed E-state index contributed by atoms with van der Waals surface area (Å²) in [5.41, 5.74) is -0.523. The second kappa shape index (κ2) is 7.67. The summed E-state index contributed by atoms with van der Waals surface area (Å²) in [5.74, 6) is -1.81. The smallest absolute Gasteiger partial charge is 0.336 e. The molecule has 0 atom stereocenters. The lowest BCUT2D eigenvalue weighted by molar-refractivity contribution is -0.134. The molecule has 146 valence electrons. The number of nitrogens with zero attached hydrogens (tertiary/aromatic N) is 1. The molecular weight excluding hydrogens is 384 g/mol. The summed E-state index contributed by atoms with van der Waals surface area (Å²) in [4.78, 5) is 27.3. The third-order valence-electron chi connectivity index (χ3n) is 4.13. The van der Waals surface area contributed by atoms with Gasteiger partial charge in [-0.1, -0.05) is 6.07 Å². The second-order valence-electron chi connectivity index (χ2n) is 6.14. The first-order chi connectivity index (χ1) is 14.0. The maximum absolute atomic E-state index is 13.8. The van der Waals surface area contributed by atoms with Crippen LogP contribution < -0.4 is 10.4 Å². The average molecular weight is 397 g/mol. The van der Waals surface area contributed by atoms with E-state index in [1.54, 1.807) is 18.2 Å². The minimum absolute atomic E-state index is 0.0616. The van der Waals surface area contributed by atoms with E-state index in [4.69, 9.17) is 13.6 Å². The van der Waals surface area contributed by atoms with Gasteiger partial charge >= 0.3 is 11.6 Å². The average Bonchev–Trinajstić information content (AvgIpc) is 3.14. The first kappa shape index (κ1) is 18.5. The van der Waals surface area contributed by atoms with E-state index < -0.39 is 23.2 Å². The minimum Gasteiger partial charge on any atom is -0.441 e. The third-order valence-corrected chi connectivity index (χ3v) is 4.13. The van der Waals surface area contributed by atoms with Crippen LogP contribution in [0.1, 0.15) is 12.3 Å². The topological polar surface area (TPSA) is 82.5 Å². The van der Waals surface area contributed by atoms with E-state index >= 15 is 0 Å². The zero-order chi connectivity index (χ0) is 20.4. The van der Waals surface area contributed by atoms with Gasteiger partial charge in [0.15, 0.2) is 11.7 Å². The van der Waals surface area contributed by atoms with Gasteiger partial charge < -0.3 is 13.6 Å². The standard InChI is InChI=1S/C21H13F2NO5/c22-14-2-1-3-15(23)21(14)17-11-24-18(28-17)7-9-19(25)27-13-6-4-12-5-8-20(26)29-16(12)10-13/h1-6,8,10-11H,7,9H2. The van der Waals surface area contributed by atoms with Gasteiger partial charge in [0.05, 0.1) is 18.2 Å². The van der Waals surface area contributed by atoms with Crippen molar-refractivity contribution in [2.45, 2.75) is 12.8 Å². The van der Waals surface area contributed by atoms with Gasteiger partial charge in [-0.05, 0) is 30.3 Å². The number of aromatic nitrogens is 1. The van der Waals surface area contributed by atoms with E-state index in [1.807, 2.05) is 0 Å². The number of ether oxygens (including phenoxy) is 1. The molecule has 0 N–H and O–H groups in total. The highest BCUT2D eigenvalue weighted by atomic mass is 19.1. The summed E-state index contributed by atoms with van der Waals surface area (Å²) < 4.78 is 43.2. The molecule has 0 bridgehead atoms. The van der Waals surface area contributed by atoms with E-state index in [-0.39, 0.29) is 35.8 Å². The molecule has 0 aliphatic carbocycles. The van der Waals surface area contributed by atoms with E-state index in [0.29, 0.717) is 11.0 Å². The Morgan fingerprint density at radius 3 is 2.59 bits per heavy atom. The molecule has 4 aromatic rings.